The van der Waals surface area contributed by atoms with Crippen molar-refractivity contribution in [1.29, 1.82) is 0 Å². The first-order valence-corrected chi connectivity index (χ1v) is 10.0. The number of hydrogen-bond donors (Lipinski definition) is 1. The second-order valence-electron chi connectivity index (χ2n) is 6.19. The fraction of sp³-hybridized carbons (Fsp3) is 0.350. The maximum Gasteiger partial charge on any atom is 0.337 e. The summed E-state index contributed by atoms with van der Waals surface area (Å²) >= 11 is 1.47. The molecule has 29 heavy (non-hydrogen) atoms. The number of carbonyl (C=O) groups excluding carboxylic acids is 3. The molecule has 1 aromatic heterocycles. The van der Waals surface area contributed by atoms with Gasteiger partial charge in [-0.15, -0.1) is 0 Å². The molecule has 0 spiro atoms. The van der Waals surface area contributed by atoms with E-state index in [0.29, 0.717) is 17.3 Å². The summed E-state index contributed by atoms with van der Waals surface area (Å²) in [6.45, 7) is 3.79. The minimum Gasteiger partial charge on any atom is -0.465 e. The van der Waals surface area contributed by atoms with Crippen LogP contribution in [0.2, 0.25) is 0 Å². The Morgan fingerprint density at radius 3 is 1.93 bits per heavy atom. The van der Waals surface area contributed by atoms with Crippen LogP contribution in [0.4, 0.5) is 5.69 Å². The summed E-state index contributed by atoms with van der Waals surface area (Å²) in [6.07, 6.45) is 2.57. The van der Waals surface area contributed by atoms with Gasteiger partial charge in [-0.05, 0) is 50.3 Å². The number of ether oxygens (including phenoxy) is 2. The zero-order chi connectivity index (χ0) is 21.6. The zero-order valence-corrected chi connectivity index (χ0v) is 17.8. The van der Waals surface area contributed by atoms with Crippen LogP contribution in [0.3, 0.4) is 0 Å². The van der Waals surface area contributed by atoms with Crippen LogP contribution >= 0.6 is 11.8 Å². The van der Waals surface area contributed by atoms with Crippen LogP contribution in [0, 0.1) is 13.8 Å². The second kappa shape index (κ2) is 10.0. The molecule has 1 N–H and O–H groups in total. The van der Waals surface area contributed by atoms with Crippen LogP contribution in [0.5, 0.6) is 0 Å². The van der Waals surface area contributed by atoms with E-state index in [4.69, 9.17) is 9.47 Å². The van der Waals surface area contributed by atoms with Gasteiger partial charge in [0.1, 0.15) is 0 Å². The summed E-state index contributed by atoms with van der Waals surface area (Å²) in [5, 5.41) is 3.41. The topological polar surface area (TPSA) is 107 Å². The van der Waals surface area contributed by atoms with E-state index in [1.807, 2.05) is 20.1 Å². The van der Waals surface area contributed by atoms with Gasteiger partial charge in [0.2, 0.25) is 5.91 Å². The van der Waals surface area contributed by atoms with Crippen LogP contribution in [0.1, 0.15) is 44.1 Å². The monoisotopic (exact) mass is 417 g/mol. The molecule has 0 atom stereocenters. The number of nitrogens with zero attached hydrogens (tertiary/aromatic N) is 2. The van der Waals surface area contributed by atoms with E-state index in [9.17, 15) is 14.4 Å². The fourth-order valence-electron chi connectivity index (χ4n) is 2.79. The molecule has 9 heteroatoms. The van der Waals surface area contributed by atoms with Crippen molar-refractivity contribution < 1.29 is 23.9 Å². The van der Waals surface area contributed by atoms with E-state index in [1.54, 1.807) is 0 Å². The highest BCUT2D eigenvalue weighted by Gasteiger charge is 2.16. The summed E-state index contributed by atoms with van der Waals surface area (Å²) < 4.78 is 9.39. The lowest BCUT2D eigenvalue weighted by Gasteiger charge is -2.11. The smallest absolute Gasteiger partial charge is 0.337 e. The number of benzene rings is 1. The molecule has 0 unspecified atom stereocenters. The molecule has 2 aromatic rings. The highest BCUT2D eigenvalue weighted by atomic mass is 32.2. The summed E-state index contributed by atoms with van der Waals surface area (Å²) in [6, 6.07) is 4.25. The maximum absolute atomic E-state index is 12.4. The van der Waals surface area contributed by atoms with Crippen LogP contribution in [-0.4, -0.2) is 48.3 Å². The summed E-state index contributed by atoms with van der Waals surface area (Å²) in [5.41, 5.74) is 3.19. The van der Waals surface area contributed by atoms with Crippen LogP contribution < -0.4 is 5.32 Å². The van der Waals surface area contributed by atoms with E-state index in [1.165, 1.54) is 44.2 Å². The van der Waals surface area contributed by atoms with Crippen molar-refractivity contribution in [2.75, 3.05) is 25.8 Å². The van der Waals surface area contributed by atoms with Gasteiger partial charge in [0.15, 0.2) is 5.16 Å². The molecule has 0 bridgehead atoms. The van der Waals surface area contributed by atoms with E-state index in [0.717, 1.165) is 17.0 Å². The third-order valence-corrected chi connectivity index (χ3v) is 4.79. The molecule has 1 amide bonds. The predicted molar refractivity (Wildman–Crippen MR) is 109 cm³/mol. The summed E-state index contributed by atoms with van der Waals surface area (Å²) in [5.74, 6) is -1.51. The molecule has 2 rings (SSSR count). The number of carbonyl (C=O) groups is 3. The van der Waals surface area contributed by atoms with Gasteiger partial charge in [0.25, 0.3) is 0 Å². The van der Waals surface area contributed by atoms with Crippen molar-refractivity contribution in [2.24, 2.45) is 0 Å². The van der Waals surface area contributed by atoms with E-state index >= 15 is 0 Å². The molecule has 0 aliphatic carbocycles. The first-order valence-electron chi connectivity index (χ1n) is 8.78. The molecule has 0 fully saturated rings. The average molecular weight is 417 g/mol. The number of amides is 1. The highest BCUT2D eigenvalue weighted by molar-refractivity contribution is 7.98. The van der Waals surface area contributed by atoms with Gasteiger partial charge in [-0.3, -0.25) is 4.79 Å². The Kier molecular flexibility index (Phi) is 7.72. The van der Waals surface area contributed by atoms with Crippen molar-refractivity contribution in [3.8, 4) is 0 Å². The van der Waals surface area contributed by atoms with Gasteiger partial charge in [-0.2, -0.15) is 0 Å². The molecule has 0 saturated carbocycles. The number of hydrogen-bond acceptors (Lipinski definition) is 8. The number of esters is 2. The Morgan fingerprint density at radius 1 is 0.966 bits per heavy atom. The van der Waals surface area contributed by atoms with Crippen molar-refractivity contribution >= 4 is 35.3 Å². The Balaban J connectivity index is 2.16. The van der Waals surface area contributed by atoms with Gasteiger partial charge in [0.05, 0.1) is 25.3 Å². The summed E-state index contributed by atoms with van der Waals surface area (Å²) in [7, 11) is 2.47. The molecule has 1 aromatic carbocycles. The van der Waals surface area contributed by atoms with Crippen LogP contribution in [0.15, 0.2) is 23.4 Å². The average Bonchev–Trinajstić information content (AvgIpc) is 2.71. The number of methoxy groups -OCH3 is 2. The minimum absolute atomic E-state index is 0.137. The minimum atomic E-state index is -0.622. The van der Waals surface area contributed by atoms with Gasteiger partial charge in [0, 0.05) is 23.5 Å². The third-order valence-electron chi connectivity index (χ3n) is 4.24. The molecule has 0 radical (unpaired) electrons. The lowest BCUT2D eigenvalue weighted by Crippen LogP contribution is -2.15. The standard InChI is InChI=1S/C20H23N3O5S/c1-11-16(12(2)22-20(21-11)29-5)6-7-17(24)23-15-9-13(18(25)27-3)8-14(10-15)19(26)28-4/h8-10H,6-7H2,1-5H3,(H,23,24). The fourth-order valence-corrected chi connectivity index (χ4v) is 3.25. The SMILES string of the molecule is COC(=O)c1cc(NC(=O)CCc2c(C)nc(SC)nc2C)cc(C(=O)OC)c1. The lowest BCUT2D eigenvalue weighted by atomic mass is 10.1. The number of nitrogens with one attached hydrogen (secondary N) is 1. The number of aromatic nitrogens is 2. The maximum atomic E-state index is 12.4. The van der Waals surface area contributed by atoms with Gasteiger partial charge in [-0.25, -0.2) is 19.6 Å². The molecule has 0 aliphatic heterocycles. The van der Waals surface area contributed by atoms with Crippen LogP contribution in [-0.2, 0) is 20.7 Å². The third kappa shape index (κ3) is 5.77. The second-order valence-corrected chi connectivity index (χ2v) is 6.96. The number of aryl methyl sites for hydroxylation is 2. The lowest BCUT2D eigenvalue weighted by molar-refractivity contribution is -0.116. The first-order chi connectivity index (χ1) is 13.8. The summed E-state index contributed by atoms with van der Waals surface area (Å²) in [4.78, 5) is 45.0. The van der Waals surface area contributed by atoms with Crippen molar-refractivity contribution in [3.63, 3.8) is 0 Å². The van der Waals surface area contributed by atoms with Gasteiger partial charge in [-0.1, -0.05) is 11.8 Å². The largest absolute Gasteiger partial charge is 0.465 e. The molecule has 154 valence electrons. The Hall–Kier alpha value is -2.94. The quantitative estimate of drug-likeness (QED) is 0.416. The Labute approximate surface area is 173 Å². The zero-order valence-electron chi connectivity index (χ0n) is 17.0. The van der Waals surface area contributed by atoms with Crippen LogP contribution in [0.25, 0.3) is 0 Å². The molecule has 1 heterocycles. The van der Waals surface area contributed by atoms with E-state index in [2.05, 4.69) is 15.3 Å². The van der Waals surface area contributed by atoms with E-state index < -0.39 is 11.9 Å². The molecule has 0 aliphatic rings. The normalized spacial score (nSPS) is 10.4. The first kappa shape index (κ1) is 22.4. The molecule has 8 nitrogen and oxygen atoms in total. The van der Waals surface area contributed by atoms with Gasteiger partial charge >= 0.3 is 11.9 Å². The van der Waals surface area contributed by atoms with Crippen molar-refractivity contribution in [3.05, 3.63) is 46.3 Å². The molecular weight excluding hydrogens is 394 g/mol. The van der Waals surface area contributed by atoms with Crippen molar-refractivity contribution in [1.82, 2.24) is 9.97 Å². The molecule has 0 saturated heterocycles. The number of rotatable bonds is 7. The Morgan fingerprint density at radius 2 is 1.48 bits per heavy atom. The van der Waals surface area contributed by atoms with E-state index in [-0.39, 0.29) is 23.5 Å². The highest BCUT2D eigenvalue weighted by Crippen LogP contribution is 2.19. The van der Waals surface area contributed by atoms with Gasteiger partial charge < -0.3 is 14.8 Å². The predicted octanol–water partition coefficient (Wildman–Crippen LogP) is 2.96. The molecular formula is C20H23N3O5S. The Bertz CT molecular complexity index is 888. The number of thioether (sulfide) groups is 1. The van der Waals surface area contributed by atoms with Crippen molar-refractivity contribution in [2.45, 2.75) is 31.8 Å². The number of anilines is 1.